The summed E-state index contributed by atoms with van der Waals surface area (Å²) in [7, 11) is -4.26. The molecule has 1 atom stereocenters. The van der Waals surface area contributed by atoms with Crippen LogP contribution >= 0.6 is 0 Å². The van der Waals surface area contributed by atoms with Crippen LogP contribution in [-0.2, 0) is 19.8 Å². The molecule has 0 aliphatic rings. The van der Waals surface area contributed by atoms with Gasteiger partial charge in [0.1, 0.15) is 18.3 Å². The normalized spacial score (nSPS) is 12.6. The Morgan fingerprint density at radius 3 is 2.62 bits per heavy atom. The van der Waals surface area contributed by atoms with Gasteiger partial charge in [0.2, 0.25) is 11.7 Å². The van der Waals surface area contributed by atoms with Gasteiger partial charge in [-0.2, -0.15) is 22.8 Å². The maximum atomic E-state index is 11.9. The first-order valence-electron chi connectivity index (χ1n) is 7.07. The highest BCUT2D eigenvalue weighted by Crippen LogP contribution is 2.20. The first-order chi connectivity index (χ1) is 12.3. The Bertz CT molecular complexity index is 869. The third-order valence-corrected chi connectivity index (χ3v) is 4.01. The molecule has 2 rings (SSSR count). The van der Waals surface area contributed by atoms with Crippen molar-refractivity contribution in [3.8, 4) is 11.5 Å². The summed E-state index contributed by atoms with van der Waals surface area (Å²) in [6.07, 6.45) is 3.59. The number of carboxylic acid groups (broad SMARTS) is 2. The lowest BCUT2D eigenvalue weighted by Crippen LogP contribution is -2.41. The van der Waals surface area contributed by atoms with Gasteiger partial charge in [-0.05, 0) is 6.42 Å². The molecule has 0 aliphatic carbocycles. The van der Waals surface area contributed by atoms with Gasteiger partial charge >= 0.3 is 11.9 Å². The van der Waals surface area contributed by atoms with Gasteiger partial charge in [-0.15, -0.1) is 0 Å². The molecule has 14 heteroatoms. The van der Waals surface area contributed by atoms with Crippen molar-refractivity contribution < 1.29 is 32.7 Å². The summed E-state index contributed by atoms with van der Waals surface area (Å²) in [5.74, 6) is -2.72. The Morgan fingerprint density at radius 2 is 2.00 bits per heavy atom. The number of carboxylic acids is 2. The number of rotatable bonds is 10. The van der Waals surface area contributed by atoms with Crippen LogP contribution in [-0.4, -0.2) is 57.2 Å². The standard InChI is InChI=1S/C12H14N6O7S/c19-9(20)2-1-7(18-26(23,24)15-6-10(21)22)12-16-11(17-25-12)8-5-13-3-4-14-8/h3-5,7,15,18H,1-2,6H2,(H,19,20)(H,21,22)/t7-/m0/s1. The average molecular weight is 386 g/mol. The number of nitrogens with one attached hydrogen (secondary N) is 2. The summed E-state index contributed by atoms with van der Waals surface area (Å²) in [5.41, 5.74) is 0.270. The molecule has 2 aromatic rings. The molecule has 2 heterocycles. The fourth-order valence-corrected chi connectivity index (χ4v) is 2.77. The largest absolute Gasteiger partial charge is 0.481 e. The van der Waals surface area contributed by atoms with E-state index in [1.807, 2.05) is 0 Å². The van der Waals surface area contributed by atoms with Gasteiger partial charge < -0.3 is 14.7 Å². The fourth-order valence-electron chi connectivity index (χ4n) is 1.78. The third kappa shape index (κ3) is 5.83. The van der Waals surface area contributed by atoms with E-state index in [1.165, 1.54) is 18.6 Å². The summed E-state index contributed by atoms with van der Waals surface area (Å²) in [6, 6.07) is -1.18. The SMILES string of the molecule is O=C(O)CC[C@H](NS(=O)(=O)NCC(=O)O)c1nc(-c2cnccn2)no1. The topological polar surface area (TPSA) is 197 Å². The lowest BCUT2D eigenvalue weighted by atomic mass is 10.2. The molecule has 0 aromatic carbocycles. The molecule has 0 radical (unpaired) electrons. The van der Waals surface area contributed by atoms with Crippen molar-refractivity contribution in [1.82, 2.24) is 29.6 Å². The molecule has 0 bridgehead atoms. The van der Waals surface area contributed by atoms with Crippen molar-refractivity contribution in [1.29, 1.82) is 0 Å². The van der Waals surface area contributed by atoms with Gasteiger partial charge in [-0.1, -0.05) is 5.16 Å². The van der Waals surface area contributed by atoms with Crippen LogP contribution in [0.3, 0.4) is 0 Å². The van der Waals surface area contributed by atoms with Gasteiger partial charge in [0.25, 0.3) is 10.2 Å². The predicted octanol–water partition coefficient (Wildman–Crippen LogP) is -1.06. The van der Waals surface area contributed by atoms with Crippen molar-refractivity contribution in [2.24, 2.45) is 0 Å². The van der Waals surface area contributed by atoms with Crippen LogP contribution in [0.5, 0.6) is 0 Å². The van der Waals surface area contributed by atoms with Crippen LogP contribution in [0, 0.1) is 0 Å². The van der Waals surface area contributed by atoms with E-state index in [4.69, 9.17) is 14.7 Å². The smallest absolute Gasteiger partial charge is 0.318 e. The molecule has 13 nitrogen and oxygen atoms in total. The molecular weight excluding hydrogens is 372 g/mol. The number of aliphatic carboxylic acids is 2. The van der Waals surface area contributed by atoms with Crippen LogP contribution in [0.15, 0.2) is 23.1 Å². The van der Waals surface area contributed by atoms with Gasteiger partial charge in [-0.3, -0.25) is 14.6 Å². The lowest BCUT2D eigenvalue weighted by Gasteiger charge is -2.14. The molecule has 0 aliphatic heterocycles. The minimum atomic E-state index is -4.26. The number of hydrogen-bond acceptors (Lipinski definition) is 9. The third-order valence-electron chi connectivity index (χ3n) is 2.89. The molecule has 0 spiro atoms. The molecule has 2 aromatic heterocycles. The van der Waals surface area contributed by atoms with Crippen molar-refractivity contribution in [2.45, 2.75) is 18.9 Å². The zero-order valence-corrected chi connectivity index (χ0v) is 13.9. The van der Waals surface area contributed by atoms with Crippen molar-refractivity contribution in [3.63, 3.8) is 0 Å². The number of aromatic nitrogens is 4. The van der Waals surface area contributed by atoms with E-state index < -0.39 is 41.2 Å². The minimum Gasteiger partial charge on any atom is -0.481 e. The highest BCUT2D eigenvalue weighted by molar-refractivity contribution is 7.87. The zero-order valence-electron chi connectivity index (χ0n) is 13.1. The minimum absolute atomic E-state index is 0.0334. The van der Waals surface area contributed by atoms with Crippen LogP contribution in [0.2, 0.25) is 0 Å². The number of hydrogen-bond donors (Lipinski definition) is 4. The summed E-state index contributed by atoms with van der Waals surface area (Å²) in [6.45, 7) is -0.852. The van der Waals surface area contributed by atoms with Gasteiger partial charge in [0, 0.05) is 18.8 Å². The Balaban J connectivity index is 2.20. The summed E-state index contributed by atoms with van der Waals surface area (Å²) >= 11 is 0. The molecular formula is C12H14N6O7S. The van der Waals surface area contributed by atoms with Crippen molar-refractivity contribution in [2.75, 3.05) is 6.54 Å². The van der Waals surface area contributed by atoms with E-state index in [0.29, 0.717) is 0 Å². The van der Waals surface area contributed by atoms with Gasteiger partial charge in [0.15, 0.2) is 0 Å². The van der Waals surface area contributed by atoms with Crippen LogP contribution in [0.1, 0.15) is 24.8 Å². The molecule has 0 saturated carbocycles. The first kappa shape index (κ1) is 19.4. The first-order valence-corrected chi connectivity index (χ1v) is 8.55. The van der Waals surface area contributed by atoms with Gasteiger partial charge in [0.05, 0.1) is 6.20 Å². The highest BCUT2D eigenvalue weighted by Gasteiger charge is 2.26. The Hall–Kier alpha value is -2.97. The molecule has 0 saturated heterocycles. The second kappa shape index (κ2) is 8.41. The second-order valence-electron chi connectivity index (χ2n) is 4.87. The van der Waals surface area contributed by atoms with Crippen LogP contribution in [0.4, 0.5) is 0 Å². The molecule has 0 unspecified atom stereocenters. The van der Waals surface area contributed by atoms with E-state index in [9.17, 15) is 18.0 Å². The zero-order chi connectivity index (χ0) is 19.2. The summed E-state index contributed by atoms with van der Waals surface area (Å²) < 4.78 is 32.7. The maximum Gasteiger partial charge on any atom is 0.318 e. The fraction of sp³-hybridized carbons (Fsp3) is 0.333. The van der Waals surface area contributed by atoms with Crippen LogP contribution in [0.25, 0.3) is 11.5 Å². The monoisotopic (exact) mass is 386 g/mol. The van der Waals surface area contributed by atoms with E-state index >= 15 is 0 Å². The van der Waals surface area contributed by atoms with Crippen LogP contribution < -0.4 is 9.44 Å². The van der Waals surface area contributed by atoms with E-state index in [0.717, 1.165) is 0 Å². The lowest BCUT2D eigenvalue weighted by molar-refractivity contribution is -0.137. The summed E-state index contributed by atoms with van der Waals surface area (Å²) in [4.78, 5) is 33.1. The molecule has 140 valence electrons. The van der Waals surface area contributed by atoms with Crippen molar-refractivity contribution >= 4 is 22.1 Å². The Kier molecular flexibility index (Phi) is 6.26. The average Bonchev–Trinajstić information content (AvgIpc) is 3.07. The Morgan fingerprint density at radius 1 is 1.23 bits per heavy atom. The number of carbonyl (C=O) groups is 2. The second-order valence-corrected chi connectivity index (χ2v) is 6.40. The molecule has 4 N–H and O–H groups in total. The Labute approximate surface area is 146 Å². The molecule has 0 fully saturated rings. The maximum absolute atomic E-state index is 11.9. The van der Waals surface area contributed by atoms with Crippen molar-refractivity contribution in [3.05, 3.63) is 24.5 Å². The molecule has 26 heavy (non-hydrogen) atoms. The van der Waals surface area contributed by atoms with E-state index in [1.54, 1.807) is 4.72 Å². The predicted molar refractivity (Wildman–Crippen MR) is 82.6 cm³/mol. The quantitative estimate of drug-likeness (QED) is 0.388. The number of nitrogens with zero attached hydrogens (tertiary/aromatic N) is 4. The molecule has 0 amide bonds. The summed E-state index contributed by atoms with van der Waals surface area (Å²) in [5, 5.41) is 21.0. The van der Waals surface area contributed by atoms with E-state index in [2.05, 4.69) is 24.8 Å². The van der Waals surface area contributed by atoms with Gasteiger partial charge in [-0.25, -0.2) is 4.98 Å². The highest BCUT2D eigenvalue weighted by atomic mass is 32.2. The van der Waals surface area contributed by atoms with E-state index in [-0.39, 0.29) is 23.8 Å².